The topological polar surface area (TPSA) is 35.6 Å². The van der Waals surface area contributed by atoms with E-state index in [0.29, 0.717) is 12.5 Å². The summed E-state index contributed by atoms with van der Waals surface area (Å²) < 4.78 is 0. The van der Waals surface area contributed by atoms with Gasteiger partial charge in [-0.25, -0.2) is 0 Å². The smallest absolute Gasteiger partial charge is 0.174 e. The molecule has 4 heteroatoms. The molecule has 0 aromatic heterocycles. The molecule has 1 unspecified atom stereocenters. The number of piperazine rings is 1. The average molecular weight is 516 g/mol. The minimum Gasteiger partial charge on any atom is -0.383 e. The molecule has 2 aliphatic heterocycles. The van der Waals surface area contributed by atoms with E-state index >= 15 is 0 Å². The van der Waals surface area contributed by atoms with E-state index in [1.165, 1.54) is 53.7 Å². The van der Waals surface area contributed by atoms with Crippen LogP contribution in [0.3, 0.4) is 0 Å². The maximum atomic E-state index is 10.5. The van der Waals surface area contributed by atoms with Gasteiger partial charge in [0.1, 0.15) is 0 Å². The van der Waals surface area contributed by atoms with Crippen LogP contribution in [0.4, 0.5) is 5.69 Å². The Labute approximate surface area is 232 Å². The summed E-state index contributed by atoms with van der Waals surface area (Å²) >= 11 is 0. The van der Waals surface area contributed by atoms with Crippen LogP contribution < -0.4 is 10.2 Å². The van der Waals surface area contributed by atoms with Crippen LogP contribution in [0, 0.1) is 0 Å². The summed E-state index contributed by atoms with van der Waals surface area (Å²) in [5, 5.41) is 2.80. The average Bonchev–Trinajstić information content (AvgIpc) is 3.25. The number of para-hydroxylation sites is 1. The summed E-state index contributed by atoms with van der Waals surface area (Å²) in [7, 11) is 0. The van der Waals surface area contributed by atoms with Gasteiger partial charge in [-0.3, -0.25) is 9.69 Å². The Kier molecular flexibility index (Phi) is 7.73. The number of anilines is 1. The number of fused-ring (bicyclic) bond motifs is 5. The molecular formula is C35H37N3O. The molecule has 1 atom stereocenters. The van der Waals surface area contributed by atoms with Gasteiger partial charge in [-0.1, -0.05) is 72.8 Å². The van der Waals surface area contributed by atoms with Crippen molar-refractivity contribution in [3.8, 4) is 11.1 Å². The first-order chi connectivity index (χ1) is 19.3. The number of carbonyl (C=O) groups excluding carboxylic acids is 1. The zero-order valence-electron chi connectivity index (χ0n) is 22.6. The van der Waals surface area contributed by atoms with Crippen LogP contribution in [0.2, 0.25) is 0 Å². The highest BCUT2D eigenvalue weighted by molar-refractivity contribution is 5.92. The third-order valence-electron chi connectivity index (χ3n) is 8.32. The molecule has 0 radical (unpaired) electrons. The minimum absolute atomic E-state index is 0.120. The molecule has 1 fully saturated rings. The molecule has 198 valence electrons. The molecule has 0 spiro atoms. The summed E-state index contributed by atoms with van der Waals surface area (Å²) in [6.07, 6.45) is 15.1. The van der Waals surface area contributed by atoms with E-state index in [0.717, 1.165) is 26.2 Å². The van der Waals surface area contributed by atoms with Crippen molar-refractivity contribution in [1.29, 1.82) is 0 Å². The number of nitrogens with zero attached hydrogens (tertiary/aromatic N) is 2. The molecule has 1 saturated heterocycles. The molecule has 2 aliphatic carbocycles. The lowest BCUT2D eigenvalue weighted by Gasteiger charge is -2.39. The summed E-state index contributed by atoms with van der Waals surface area (Å²) in [5.41, 5.74) is 10.5. The van der Waals surface area contributed by atoms with E-state index in [-0.39, 0.29) is 5.78 Å². The van der Waals surface area contributed by atoms with E-state index in [9.17, 15) is 4.79 Å². The monoisotopic (exact) mass is 515 g/mol. The largest absolute Gasteiger partial charge is 0.383 e. The molecule has 3 aromatic carbocycles. The maximum absolute atomic E-state index is 10.5. The lowest BCUT2D eigenvalue weighted by molar-refractivity contribution is -0.113. The predicted octanol–water partition coefficient (Wildman–Crippen LogP) is 6.00. The molecule has 0 bridgehead atoms. The van der Waals surface area contributed by atoms with Crippen molar-refractivity contribution in [2.24, 2.45) is 0 Å². The van der Waals surface area contributed by atoms with Gasteiger partial charge in [0.05, 0.1) is 6.54 Å². The van der Waals surface area contributed by atoms with Crippen molar-refractivity contribution >= 4 is 17.5 Å². The van der Waals surface area contributed by atoms with Gasteiger partial charge in [0, 0.05) is 44.3 Å². The van der Waals surface area contributed by atoms with Crippen molar-refractivity contribution in [2.75, 3.05) is 44.2 Å². The fourth-order valence-electron chi connectivity index (χ4n) is 6.38. The molecule has 0 amide bonds. The Morgan fingerprint density at radius 3 is 2.49 bits per heavy atom. The minimum atomic E-state index is 0.120. The van der Waals surface area contributed by atoms with E-state index in [4.69, 9.17) is 0 Å². The summed E-state index contributed by atoms with van der Waals surface area (Å²) in [4.78, 5) is 15.7. The quantitative estimate of drug-likeness (QED) is 0.464. The third-order valence-corrected chi connectivity index (χ3v) is 8.32. The second kappa shape index (κ2) is 11.9. The SMILES string of the molecule is C1=Cc2ccc3c(c2C(CN2CCN(c4ccccc4)CC2)C1)CCc1ccccc1-3.O=C1C=CC=CNC1. The number of benzene rings is 3. The van der Waals surface area contributed by atoms with Gasteiger partial charge in [-0.2, -0.15) is 0 Å². The first kappa shape index (κ1) is 25.4. The number of ketones is 1. The lowest BCUT2D eigenvalue weighted by atomic mass is 9.76. The number of nitrogens with one attached hydrogen (secondary N) is 1. The van der Waals surface area contributed by atoms with Gasteiger partial charge < -0.3 is 10.2 Å². The van der Waals surface area contributed by atoms with Gasteiger partial charge in [0.25, 0.3) is 0 Å². The van der Waals surface area contributed by atoms with Gasteiger partial charge in [-0.15, -0.1) is 0 Å². The third kappa shape index (κ3) is 5.76. The number of allylic oxidation sites excluding steroid dienone is 3. The fourth-order valence-corrected chi connectivity index (χ4v) is 6.38. The number of hydrogen-bond donors (Lipinski definition) is 1. The van der Waals surface area contributed by atoms with E-state index in [1.54, 1.807) is 35.6 Å². The van der Waals surface area contributed by atoms with Crippen molar-refractivity contribution in [2.45, 2.75) is 25.2 Å². The Morgan fingerprint density at radius 2 is 1.62 bits per heavy atom. The second-order valence-electron chi connectivity index (χ2n) is 10.8. The maximum Gasteiger partial charge on any atom is 0.174 e. The Morgan fingerprint density at radius 1 is 0.795 bits per heavy atom. The van der Waals surface area contributed by atoms with Crippen LogP contribution in [-0.2, 0) is 17.6 Å². The van der Waals surface area contributed by atoms with E-state index in [1.807, 2.05) is 0 Å². The predicted molar refractivity (Wildman–Crippen MR) is 162 cm³/mol. The first-order valence-corrected chi connectivity index (χ1v) is 14.3. The van der Waals surface area contributed by atoms with E-state index < -0.39 is 0 Å². The van der Waals surface area contributed by atoms with Crippen LogP contribution in [0.15, 0.2) is 97.2 Å². The van der Waals surface area contributed by atoms with Gasteiger partial charge in [0.2, 0.25) is 0 Å². The lowest BCUT2D eigenvalue weighted by Crippen LogP contribution is -2.47. The number of carbonyl (C=O) groups is 1. The number of rotatable bonds is 3. The molecule has 1 N–H and O–H groups in total. The summed E-state index contributed by atoms with van der Waals surface area (Å²) in [5.74, 6) is 0.735. The van der Waals surface area contributed by atoms with E-state index in [2.05, 4.69) is 94.0 Å². The van der Waals surface area contributed by atoms with Crippen molar-refractivity contribution in [3.05, 3.63) is 119 Å². The van der Waals surface area contributed by atoms with Crippen LogP contribution in [0.1, 0.15) is 34.6 Å². The van der Waals surface area contributed by atoms with Crippen LogP contribution in [0.25, 0.3) is 17.2 Å². The molecule has 0 saturated carbocycles. The molecule has 7 rings (SSSR count). The zero-order chi connectivity index (χ0) is 26.4. The molecule has 4 nitrogen and oxygen atoms in total. The van der Waals surface area contributed by atoms with Crippen molar-refractivity contribution < 1.29 is 4.79 Å². The van der Waals surface area contributed by atoms with Crippen molar-refractivity contribution in [1.82, 2.24) is 10.2 Å². The standard InChI is InChI=1S/C29H30N2.C6H7NO/c1-2-10-25(11-3-1)31-19-17-30(18-20-31)21-24-9-6-8-23-14-15-27-26-12-5-4-7-22(26)13-16-28(27)29(23)24;8-6-3-1-2-4-7-5-6/h1-8,10-12,14-15,24H,9,13,16-21H2;1-4,7H,5H2. The molecule has 39 heavy (non-hydrogen) atoms. The highest BCUT2D eigenvalue weighted by Gasteiger charge is 2.28. The first-order valence-electron chi connectivity index (χ1n) is 14.3. The Hall–Kier alpha value is -3.89. The number of hydrogen-bond acceptors (Lipinski definition) is 4. The normalized spacial score (nSPS) is 19.6. The van der Waals surface area contributed by atoms with Crippen LogP contribution in [0.5, 0.6) is 0 Å². The Balaban J connectivity index is 0.000000299. The molecule has 2 heterocycles. The van der Waals surface area contributed by atoms with Gasteiger partial charge >= 0.3 is 0 Å². The molecule has 3 aromatic rings. The Bertz CT molecular complexity index is 1400. The molecule has 4 aliphatic rings. The molecular weight excluding hydrogens is 478 g/mol. The van der Waals surface area contributed by atoms with Crippen LogP contribution in [-0.4, -0.2) is 50.0 Å². The second-order valence-corrected chi connectivity index (χ2v) is 10.8. The summed E-state index contributed by atoms with van der Waals surface area (Å²) in [6.45, 7) is 6.16. The fraction of sp³-hybridized carbons (Fsp3) is 0.286. The van der Waals surface area contributed by atoms with Crippen molar-refractivity contribution in [3.63, 3.8) is 0 Å². The zero-order valence-corrected chi connectivity index (χ0v) is 22.6. The van der Waals surface area contributed by atoms with Gasteiger partial charge in [0.15, 0.2) is 5.78 Å². The van der Waals surface area contributed by atoms with Crippen LogP contribution >= 0.6 is 0 Å². The highest BCUT2D eigenvalue weighted by atomic mass is 16.1. The van der Waals surface area contributed by atoms with Gasteiger partial charge in [-0.05, 0) is 83.1 Å². The summed E-state index contributed by atoms with van der Waals surface area (Å²) in [6, 6.07) is 24.6. The number of aryl methyl sites for hydroxylation is 1. The highest BCUT2D eigenvalue weighted by Crippen LogP contribution is 2.42.